The summed E-state index contributed by atoms with van der Waals surface area (Å²) in [6.07, 6.45) is 0.730. The molecule has 112 valence electrons. The maximum atomic E-state index is 12.1. The van der Waals surface area contributed by atoms with Crippen LogP contribution in [0.4, 0.5) is 5.69 Å². The van der Waals surface area contributed by atoms with Gasteiger partial charge in [0, 0.05) is 18.7 Å². The minimum absolute atomic E-state index is 0. The number of hydrogen-bond acceptors (Lipinski definition) is 5. The molecule has 1 unspecified atom stereocenters. The molecule has 1 saturated heterocycles. The van der Waals surface area contributed by atoms with E-state index in [2.05, 4.69) is 26.0 Å². The van der Waals surface area contributed by atoms with Crippen LogP contribution >= 0.6 is 28.3 Å². The number of rotatable bonds is 4. The maximum absolute atomic E-state index is 12.1. The van der Waals surface area contributed by atoms with Crippen molar-refractivity contribution in [2.24, 2.45) is 0 Å². The fourth-order valence-corrected chi connectivity index (χ4v) is 3.82. The normalized spacial score (nSPS) is 18.6. The van der Waals surface area contributed by atoms with Gasteiger partial charge in [-0.25, -0.2) is 13.1 Å². The molecule has 0 aliphatic carbocycles. The monoisotopic (exact) mass is 385 g/mol. The average Bonchev–Trinajstić information content (AvgIpc) is 2.80. The van der Waals surface area contributed by atoms with Crippen LogP contribution in [-0.4, -0.2) is 32.5 Å². The van der Waals surface area contributed by atoms with Crippen molar-refractivity contribution in [2.45, 2.75) is 17.4 Å². The summed E-state index contributed by atoms with van der Waals surface area (Å²) in [7, 11) is -3.65. The first kappa shape index (κ1) is 17.3. The molecule has 0 bridgehead atoms. The number of nitro benzene ring substituents is 1. The van der Waals surface area contributed by atoms with Gasteiger partial charge in [-0.1, -0.05) is 0 Å². The lowest BCUT2D eigenvalue weighted by atomic mass is 10.3. The lowest BCUT2D eigenvalue weighted by Crippen LogP contribution is -2.36. The molecule has 7 nitrogen and oxygen atoms in total. The molecular weight excluding hydrogens is 374 g/mol. The molecule has 1 aromatic carbocycles. The van der Waals surface area contributed by atoms with Gasteiger partial charge in [-0.3, -0.25) is 10.1 Å². The number of hydrogen-bond donors (Lipinski definition) is 2. The highest BCUT2D eigenvalue weighted by Crippen LogP contribution is 2.27. The van der Waals surface area contributed by atoms with E-state index >= 15 is 0 Å². The van der Waals surface area contributed by atoms with Gasteiger partial charge in [-0.15, -0.1) is 12.4 Å². The van der Waals surface area contributed by atoms with E-state index in [4.69, 9.17) is 0 Å². The van der Waals surface area contributed by atoms with E-state index in [1.807, 2.05) is 0 Å². The van der Waals surface area contributed by atoms with Gasteiger partial charge in [0.2, 0.25) is 10.0 Å². The quantitative estimate of drug-likeness (QED) is 0.602. The van der Waals surface area contributed by atoms with Gasteiger partial charge in [0.05, 0.1) is 14.3 Å². The Morgan fingerprint density at radius 1 is 1.45 bits per heavy atom. The summed E-state index contributed by atoms with van der Waals surface area (Å²) in [6, 6.07) is 3.50. The number of benzene rings is 1. The molecule has 1 aliphatic rings. The van der Waals surface area contributed by atoms with Gasteiger partial charge in [0.1, 0.15) is 0 Å². The largest absolute Gasteiger partial charge is 0.315 e. The van der Waals surface area contributed by atoms with Crippen LogP contribution in [0.2, 0.25) is 0 Å². The molecule has 0 saturated carbocycles. The first-order valence-electron chi connectivity index (χ1n) is 5.57. The van der Waals surface area contributed by atoms with Crippen LogP contribution in [0.1, 0.15) is 6.42 Å². The number of nitrogens with zero attached hydrogens (tertiary/aromatic N) is 1. The van der Waals surface area contributed by atoms with Crippen LogP contribution in [0, 0.1) is 10.1 Å². The molecule has 2 N–H and O–H groups in total. The predicted molar refractivity (Wildman–Crippen MR) is 79.6 cm³/mol. The smallest absolute Gasteiger partial charge is 0.283 e. The van der Waals surface area contributed by atoms with Crippen LogP contribution in [0.25, 0.3) is 0 Å². The van der Waals surface area contributed by atoms with Crippen molar-refractivity contribution in [3.05, 3.63) is 32.8 Å². The molecule has 10 heteroatoms. The van der Waals surface area contributed by atoms with Gasteiger partial charge < -0.3 is 5.32 Å². The predicted octanol–water partition coefficient (Wildman–Crippen LogP) is 1.42. The van der Waals surface area contributed by atoms with Crippen LogP contribution in [0.15, 0.2) is 27.6 Å². The summed E-state index contributed by atoms with van der Waals surface area (Å²) in [5.41, 5.74) is -0.165. The third kappa shape index (κ3) is 3.89. The van der Waals surface area contributed by atoms with Crippen molar-refractivity contribution >= 4 is 44.0 Å². The molecule has 1 aromatic rings. The molecule has 1 heterocycles. The van der Waals surface area contributed by atoms with Crippen molar-refractivity contribution in [3.63, 3.8) is 0 Å². The second-order valence-corrected chi connectivity index (χ2v) is 6.75. The Labute approximate surface area is 130 Å². The van der Waals surface area contributed by atoms with Crippen molar-refractivity contribution < 1.29 is 13.3 Å². The highest BCUT2D eigenvalue weighted by atomic mass is 79.9. The Balaban J connectivity index is 0.00000200. The molecule has 0 radical (unpaired) electrons. The number of halogens is 2. The molecule has 1 fully saturated rings. The van der Waals surface area contributed by atoms with Crippen molar-refractivity contribution in [2.75, 3.05) is 13.1 Å². The Bertz CT molecular complexity index is 605. The van der Waals surface area contributed by atoms with E-state index in [0.29, 0.717) is 6.54 Å². The molecular formula is C10H13BrClN3O4S. The highest BCUT2D eigenvalue weighted by molar-refractivity contribution is 9.10. The second-order valence-electron chi connectivity index (χ2n) is 4.18. The molecule has 1 atom stereocenters. The number of nitrogens with one attached hydrogen (secondary N) is 2. The lowest BCUT2D eigenvalue weighted by molar-refractivity contribution is -0.385. The maximum Gasteiger partial charge on any atom is 0.283 e. The standard InChI is InChI=1S/C10H12BrN3O4S.ClH/c11-9-5-8(1-2-10(9)14(15)16)19(17,18)13-7-3-4-12-6-7;/h1-2,5,7,12-13H,3-4,6H2;1H. The summed E-state index contributed by atoms with van der Waals surface area (Å²) in [6.45, 7) is 1.37. The van der Waals surface area contributed by atoms with Gasteiger partial charge in [-0.2, -0.15) is 0 Å². The summed E-state index contributed by atoms with van der Waals surface area (Å²) in [5.74, 6) is 0. The van der Waals surface area contributed by atoms with Gasteiger partial charge in [0.15, 0.2) is 0 Å². The SMILES string of the molecule is Cl.O=[N+]([O-])c1ccc(S(=O)(=O)NC2CCNC2)cc1Br. The van der Waals surface area contributed by atoms with Crippen LogP contribution in [-0.2, 0) is 10.0 Å². The molecule has 0 spiro atoms. The molecule has 0 aromatic heterocycles. The van der Waals surface area contributed by atoms with Crippen molar-refractivity contribution in [3.8, 4) is 0 Å². The third-order valence-corrected chi connectivity index (χ3v) is 4.96. The Kier molecular flexibility index (Phi) is 5.90. The first-order chi connectivity index (χ1) is 8.90. The Hall–Kier alpha value is -0.740. The van der Waals surface area contributed by atoms with Crippen LogP contribution < -0.4 is 10.0 Å². The van der Waals surface area contributed by atoms with Gasteiger partial charge in [-0.05, 0) is 41.0 Å². The fourth-order valence-electron chi connectivity index (χ4n) is 1.85. The molecule has 0 amide bonds. The van der Waals surface area contributed by atoms with Crippen molar-refractivity contribution in [1.29, 1.82) is 0 Å². The Morgan fingerprint density at radius 3 is 2.65 bits per heavy atom. The zero-order chi connectivity index (χ0) is 14.0. The summed E-state index contributed by atoms with van der Waals surface area (Å²) < 4.78 is 26.9. The number of nitro groups is 1. The van der Waals surface area contributed by atoms with Crippen LogP contribution in [0.5, 0.6) is 0 Å². The van der Waals surface area contributed by atoms with Crippen LogP contribution in [0.3, 0.4) is 0 Å². The second kappa shape index (κ2) is 6.81. The molecule has 20 heavy (non-hydrogen) atoms. The zero-order valence-electron chi connectivity index (χ0n) is 10.2. The van der Waals surface area contributed by atoms with Crippen molar-refractivity contribution in [1.82, 2.24) is 10.0 Å². The highest BCUT2D eigenvalue weighted by Gasteiger charge is 2.24. The fraction of sp³-hybridized carbons (Fsp3) is 0.400. The zero-order valence-corrected chi connectivity index (χ0v) is 13.4. The summed E-state index contributed by atoms with van der Waals surface area (Å²) >= 11 is 3.01. The summed E-state index contributed by atoms with van der Waals surface area (Å²) in [4.78, 5) is 10.1. The van der Waals surface area contributed by atoms with E-state index in [0.717, 1.165) is 13.0 Å². The topological polar surface area (TPSA) is 101 Å². The van der Waals surface area contributed by atoms with E-state index in [1.54, 1.807) is 0 Å². The average molecular weight is 387 g/mol. The Morgan fingerprint density at radius 2 is 2.15 bits per heavy atom. The minimum atomic E-state index is -3.65. The van der Waals surface area contributed by atoms with E-state index in [-0.39, 0.29) is 33.5 Å². The van der Waals surface area contributed by atoms with Gasteiger partial charge in [0.25, 0.3) is 5.69 Å². The lowest BCUT2D eigenvalue weighted by Gasteiger charge is -2.12. The van der Waals surface area contributed by atoms with E-state index in [9.17, 15) is 18.5 Å². The van der Waals surface area contributed by atoms with Gasteiger partial charge >= 0.3 is 0 Å². The van der Waals surface area contributed by atoms with E-state index in [1.165, 1.54) is 18.2 Å². The number of sulfonamides is 1. The molecule has 1 aliphatic heterocycles. The first-order valence-corrected chi connectivity index (χ1v) is 7.85. The third-order valence-electron chi connectivity index (χ3n) is 2.81. The summed E-state index contributed by atoms with van der Waals surface area (Å²) in [5, 5.41) is 13.7. The van der Waals surface area contributed by atoms with E-state index < -0.39 is 14.9 Å². The molecule has 2 rings (SSSR count). The minimum Gasteiger partial charge on any atom is -0.315 e.